The zero-order valence-corrected chi connectivity index (χ0v) is 14.9. The second-order valence-corrected chi connectivity index (χ2v) is 7.22. The molecular formula is C15H15BF9N3. The van der Waals surface area contributed by atoms with Crippen LogP contribution in [0.3, 0.4) is 0 Å². The fourth-order valence-electron chi connectivity index (χ4n) is 2.98. The van der Waals surface area contributed by atoms with Gasteiger partial charge in [0.05, 0.1) is 6.04 Å². The maximum absolute atomic E-state index is 13.9. The average molecular weight is 419 g/mol. The van der Waals surface area contributed by atoms with Gasteiger partial charge in [-0.3, -0.25) is 0 Å². The van der Waals surface area contributed by atoms with Crippen LogP contribution in [0.15, 0.2) is 6.33 Å². The maximum atomic E-state index is 13.9. The molecule has 28 heavy (non-hydrogen) atoms. The monoisotopic (exact) mass is 419 g/mol. The molecule has 1 atom stereocenters. The van der Waals surface area contributed by atoms with E-state index in [1.807, 2.05) is 20.8 Å². The summed E-state index contributed by atoms with van der Waals surface area (Å²) in [5, 5.41) is 4.00. The number of halogens is 9. The van der Waals surface area contributed by atoms with Gasteiger partial charge in [0.15, 0.2) is 0 Å². The normalized spacial score (nSPS) is 16.6. The summed E-state index contributed by atoms with van der Waals surface area (Å²) in [6, 6.07) is 0.0347. The molecular weight excluding hydrogens is 404 g/mol. The van der Waals surface area contributed by atoms with Gasteiger partial charge in [-0.05, 0) is 11.8 Å². The van der Waals surface area contributed by atoms with E-state index in [1.54, 1.807) is 4.57 Å². The van der Waals surface area contributed by atoms with Crippen LogP contribution in [0.5, 0.6) is 0 Å². The predicted molar refractivity (Wildman–Crippen MR) is 80.5 cm³/mol. The van der Waals surface area contributed by atoms with Crippen molar-refractivity contribution in [2.24, 2.45) is 5.41 Å². The highest BCUT2D eigenvalue weighted by atomic mass is 19.5. The summed E-state index contributed by atoms with van der Waals surface area (Å²) in [7, 11) is -6.00. The van der Waals surface area contributed by atoms with E-state index in [1.165, 1.54) is 6.33 Å². The van der Waals surface area contributed by atoms with Gasteiger partial charge < -0.3 is 17.3 Å². The number of rotatable bonds is 1. The number of hydrogen-bond acceptors (Lipinski definition) is 1. The van der Waals surface area contributed by atoms with Crippen molar-refractivity contribution >= 4 is 7.25 Å². The third-order valence-electron chi connectivity index (χ3n) is 4.15. The van der Waals surface area contributed by atoms with E-state index in [-0.39, 0.29) is 11.5 Å². The third kappa shape index (κ3) is 4.44. The lowest BCUT2D eigenvalue weighted by atomic mass is 9.85. The molecule has 0 N–H and O–H groups in total. The fraction of sp³-hybridized carbons (Fsp3) is 0.467. The minimum Gasteiger partial charge on any atom is -0.418 e. The molecule has 0 spiro atoms. The first kappa shape index (κ1) is 22.1. The Hall–Kier alpha value is -2.21. The lowest BCUT2D eigenvalue weighted by Crippen LogP contribution is -2.43. The van der Waals surface area contributed by atoms with Crippen LogP contribution in [0.25, 0.3) is 5.69 Å². The molecule has 0 saturated heterocycles. The molecule has 0 radical (unpaired) electrons. The van der Waals surface area contributed by atoms with Crippen molar-refractivity contribution in [2.75, 3.05) is 0 Å². The number of fused-ring (bicyclic) bond motifs is 1. The van der Waals surface area contributed by atoms with E-state index in [0.29, 0.717) is 12.2 Å². The van der Waals surface area contributed by atoms with E-state index in [2.05, 4.69) is 5.10 Å². The first-order valence-electron chi connectivity index (χ1n) is 8.01. The van der Waals surface area contributed by atoms with Crippen LogP contribution in [0, 0.1) is 34.5 Å². The summed E-state index contributed by atoms with van der Waals surface area (Å²) in [5.74, 6) is -9.37. The molecule has 0 saturated carbocycles. The van der Waals surface area contributed by atoms with Crippen molar-refractivity contribution in [3.8, 4) is 5.69 Å². The van der Waals surface area contributed by atoms with Gasteiger partial charge in [-0.2, -0.15) is 8.78 Å². The molecule has 1 aromatic carbocycles. The lowest BCUT2D eigenvalue weighted by molar-refractivity contribution is -0.729. The van der Waals surface area contributed by atoms with Crippen LogP contribution in [-0.2, 0) is 6.42 Å². The van der Waals surface area contributed by atoms with Gasteiger partial charge >= 0.3 is 7.25 Å². The Labute approximate surface area is 153 Å². The first-order chi connectivity index (χ1) is 12.6. The van der Waals surface area contributed by atoms with Gasteiger partial charge in [0.2, 0.25) is 41.1 Å². The highest BCUT2D eigenvalue weighted by Crippen LogP contribution is 2.34. The molecule has 156 valence electrons. The maximum Gasteiger partial charge on any atom is 0.673 e. The second-order valence-electron chi connectivity index (χ2n) is 7.22. The molecule has 3 nitrogen and oxygen atoms in total. The van der Waals surface area contributed by atoms with Crippen LogP contribution in [0.1, 0.15) is 39.1 Å². The first-order valence-corrected chi connectivity index (χ1v) is 8.01. The number of aryl methyl sites for hydroxylation is 1. The Kier molecular flexibility index (Phi) is 5.77. The fourth-order valence-corrected chi connectivity index (χ4v) is 2.98. The van der Waals surface area contributed by atoms with Gasteiger partial charge in [0, 0.05) is 11.5 Å². The van der Waals surface area contributed by atoms with Gasteiger partial charge in [-0.1, -0.05) is 25.5 Å². The molecule has 0 unspecified atom stereocenters. The molecule has 2 aromatic rings. The number of nitrogens with zero attached hydrogens (tertiary/aromatic N) is 3. The molecule has 1 aromatic heterocycles. The summed E-state index contributed by atoms with van der Waals surface area (Å²) in [6.45, 7) is 6.03. The van der Waals surface area contributed by atoms with E-state index in [4.69, 9.17) is 0 Å². The van der Waals surface area contributed by atoms with Crippen molar-refractivity contribution in [3.63, 3.8) is 0 Å². The summed E-state index contributed by atoms with van der Waals surface area (Å²) in [6.07, 6.45) is 2.67. The van der Waals surface area contributed by atoms with Gasteiger partial charge in [-0.15, -0.1) is 0 Å². The molecule has 0 bridgehead atoms. The lowest BCUT2D eigenvalue weighted by Gasteiger charge is -2.24. The van der Waals surface area contributed by atoms with Crippen LogP contribution < -0.4 is 4.57 Å². The zero-order valence-electron chi connectivity index (χ0n) is 14.9. The van der Waals surface area contributed by atoms with E-state index >= 15 is 0 Å². The highest BCUT2D eigenvalue weighted by Gasteiger charge is 2.40. The largest absolute Gasteiger partial charge is 0.673 e. The Bertz CT molecular complexity index is 851. The highest BCUT2D eigenvalue weighted by molar-refractivity contribution is 6.50. The molecule has 1 aliphatic rings. The van der Waals surface area contributed by atoms with E-state index < -0.39 is 42.0 Å². The summed E-state index contributed by atoms with van der Waals surface area (Å²) in [5.41, 5.74) is -1.18. The van der Waals surface area contributed by atoms with Crippen molar-refractivity contribution in [2.45, 2.75) is 39.7 Å². The van der Waals surface area contributed by atoms with Crippen molar-refractivity contribution in [3.05, 3.63) is 41.2 Å². The summed E-state index contributed by atoms with van der Waals surface area (Å²) >= 11 is 0. The molecule has 0 fully saturated rings. The van der Waals surface area contributed by atoms with Crippen LogP contribution >= 0.6 is 0 Å². The van der Waals surface area contributed by atoms with Crippen molar-refractivity contribution < 1.29 is 43.8 Å². The second kappa shape index (κ2) is 7.32. The topological polar surface area (TPSA) is 21.7 Å². The standard InChI is InChI=1S/C15H15F5N3.BF4/c1-15(2,3)7-4-5-8-21-23(6-22(7)8)14-12(19)10(17)9(16)11(18)13(14)20;2-1(3,4)5/h6-7H,4-5H2,1-3H3;/q+1;-1/t7-;/m1./s1. The average Bonchev–Trinajstić information content (AvgIpc) is 3.09. The Balaban J connectivity index is 0.000000500. The van der Waals surface area contributed by atoms with Crippen molar-refractivity contribution in [1.29, 1.82) is 0 Å². The quantitative estimate of drug-likeness (QED) is 0.216. The Morgan fingerprint density at radius 3 is 1.79 bits per heavy atom. The minimum atomic E-state index is -6.00. The number of hydrogen-bond donors (Lipinski definition) is 0. The van der Waals surface area contributed by atoms with Crippen LogP contribution in [0.2, 0.25) is 0 Å². The predicted octanol–water partition coefficient (Wildman–Crippen LogP) is 4.69. The summed E-state index contributed by atoms with van der Waals surface area (Å²) in [4.78, 5) is 0. The molecule has 0 aliphatic carbocycles. The minimum absolute atomic E-state index is 0.0347. The zero-order chi connectivity index (χ0) is 21.6. The number of benzene rings is 1. The molecule has 1 aliphatic heterocycles. The van der Waals surface area contributed by atoms with Gasteiger partial charge in [0.1, 0.15) is 0 Å². The molecule has 3 rings (SSSR count). The molecule has 0 amide bonds. The summed E-state index contributed by atoms with van der Waals surface area (Å²) < 4.78 is 109. The van der Waals surface area contributed by atoms with E-state index in [9.17, 15) is 39.2 Å². The smallest absolute Gasteiger partial charge is 0.418 e. The Morgan fingerprint density at radius 1 is 0.929 bits per heavy atom. The van der Waals surface area contributed by atoms with Gasteiger partial charge in [0.25, 0.3) is 5.82 Å². The Morgan fingerprint density at radius 2 is 1.36 bits per heavy atom. The number of aromatic nitrogens is 3. The molecule has 2 heterocycles. The third-order valence-corrected chi connectivity index (χ3v) is 4.15. The SMILES string of the molecule is CC(C)(C)[C@H]1CCc2nn(-c3c(F)c(F)c(F)c(F)c3F)c[n+]21.F[B-](F)(F)F. The van der Waals surface area contributed by atoms with E-state index in [0.717, 1.165) is 11.1 Å². The van der Waals surface area contributed by atoms with Crippen molar-refractivity contribution in [1.82, 2.24) is 9.78 Å². The molecule has 13 heteroatoms. The van der Waals surface area contributed by atoms with Crippen LogP contribution in [0.4, 0.5) is 39.2 Å². The van der Waals surface area contributed by atoms with Gasteiger partial charge in [-0.25, -0.2) is 17.7 Å². The van der Waals surface area contributed by atoms with Crippen LogP contribution in [-0.4, -0.2) is 17.0 Å².